The molecule has 7 aromatic rings. The number of aliphatic hydroxyl groups excluding tert-OH is 1. The fourth-order valence-corrected chi connectivity index (χ4v) is 15.4. The topological polar surface area (TPSA) is 552 Å². The Balaban J connectivity index is 0.000000436. The standard InChI is InChI=1S/C13H17NO5S.C9H10O5S.C9H10O4S.C8H7ClO4S.C8H9NO4S.C8H8O4S.C7H4O4S.C5H11NO2.CH4O/c1-20(16,17)11-7-3-2-6-10(11)13(15)14-19-12-8-4-5-9-18-12;1-13-9(10)7-5-3-4-6-8(7)15(11,12)14-2;1-13-9(10)7-5-3-4-6-8(7)14(2,11)12;1-13-8(10)6-4-2-3-5-7(6)14(9,11)12;1-14(12,13)7-5-3-2-4-6(7)8(10)9-11;1-13(11,12)7-5-3-2-4-6(7)8(9)10;8-7-5-3-1-2-4-6(5)12(9,10)11-7;6-8-5-3-1-2-4-7-5;1-2/h2-3,6-7,12H,4-5,8-9H2,1H3,(H,14,15);3-6H,1-2H3;3-6H,1-2H3;2-5H,1H3;2-5,11H,1H3,(H,9,10);2-5H,1H3,(H,9,10);1-4H;5H,1-4,6H2;2H,1H3. The molecule has 0 radical (unpaired) electrons. The van der Waals surface area contributed by atoms with Crippen LogP contribution >= 0.6 is 10.7 Å². The maximum Gasteiger partial charge on any atom is 0.355 e. The van der Waals surface area contributed by atoms with Gasteiger partial charge in [-0.3, -0.25) is 23.8 Å². The molecule has 44 heteroatoms. The minimum absolute atomic E-state index is 0.00755. The van der Waals surface area contributed by atoms with Crippen molar-refractivity contribution in [1.82, 2.24) is 11.0 Å². The predicted octanol–water partition coefficient (Wildman–Crippen LogP) is 5.92. The first kappa shape index (κ1) is 98.5. The van der Waals surface area contributed by atoms with E-state index in [1.165, 1.54) is 161 Å². The average molecular weight is 1730 g/mol. The highest BCUT2D eigenvalue weighted by molar-refractivity contribution is 8.13. The van der Waals surface area contributed by atoms with Crippen molar-refractivity contribution in [2.24, 2.45) is 5.90 Å². The van der Waals surface area contributed by atoms with E-state index in [1.807, 2.05) is 0 Å². The Labute approximate surface area is 651 Å². The van der Waals surface area contributed by atoms with Gasteiger partial charge in [-0.1, -0.05) is 84.9 Å². The number of sulfone groups is 4. The number of hydroxylamine groups is 2. The van der Waals surface area contributed by atoms with Crippen LogP contribution in [0, 0.1) is 0 Å². The molecule has 0 aliphatic carbocycles. The van der Waals surface area contributed by atoms with Gasteiger partial charge in [-0.15, -0.1) is 0 Å². The third-order valence-corrected chi connectivity index (χ3v) is 22.6. The molecule has 112 heavy (non-hydrogen) atoms. The van der Waals surface area contributed by atoms with Gasteiger partial charge in [0.15, 0.2) is 51.9 Å². The van der Waals surface area contributed by atoms with Crippen LogP contribution in [0.15, 0.2) is 204 Å². The molecule has 10 rings (SSSR count). The molecule has 2 fully saturated rings. The molecule has 0 spiro atoms. The van der Waals surface area contributed by atoms with Gasteiger partial charge in [0.25, 0.3) is 31.0 Å². The second-order valence-electron chi connectivity index (χ2n) is 21.9. The van der Waals surface area contributed by atoms with E-state index in [1.54, 1.807) is 42.5 Å². The summed E-state index contributed by atoms with van der Waals surface area (Å²) in [7, 11) is -14.7. The van der Waals surface area contributed by atoms with E-state index in [2.05, 4.69) is 32.9 Å². The Morgan fingerprint density at radius 3 is 1.12 bits per heavy atom. The number of aliphatic hydroxyl groups is 1. The Hall–Kier alpha value is -9.55. The van der Waals surface area contributed by atoms with E-state index in [-0.39, 0.29) is 79.5 Å². The van der Waals surface area contributed by atoms with Crippen LogP contribution in [0.4, 0.5) is 0 Å². The zero-order valence-corrected chi connectivity index (χ0v) is 67.4. The first-order chi connectivity index (χ1) is 52.4. The van der Waals surface area contributed by atoms with Gasteiger partial charge in [-0.25, -0.2) is 87.8 Å². The van der Waals surface area contributed by atoms with Crippen molar-refractivity contribution in [3.8, 4) is 0 Å². The van der Waals surface area contributed by atoms with Gasteiger partial charge in [0, 0.05) is 68.9 Å². The zero-order chi connectivity index (χ0) is 85.0. The molecule has 3 aliphatic heterocycles. The summed E-state index contributed by atoms with van der Waals surface area (Å²) in [5, 5.41) is 24.0. The number of ether oxygens (including phenoxy) is 5. The van der Waals surface area contributed by atoms with Gasteiger partial charge in [0.05, 0.1) is 91.9 Å². The maximum absolute atomic E-state index is 12.0. The summed E-state index contributed by atoms with van der Waals surface area (Å²) in [5.41, 5.74) is 3.51. The summed E-state index contributed by atoms with van der Waals surface area (Å²) >= 11 is 0. The number of carbonyl (C=O) groups excluding carboxylic acids is 6. The number of hydrogen-bond acceptors (Lipinski definition) is 33. The molecule has 0 aromatic heterocycles. The summed E-state index contributed by atoms with van der Waals surface area (Å²) in [6.07, 6.45) is 9.38. The zero-order valence-electron chi connectivity index (χ0n) is 60.9. The summed E-state index contributed by atoms with van der Waals surface area (Å²) in [5.74, 6) is -0.691. The van der Waals surface area contributed by atoms with Gasteiger partial charge >= 0.3 is 40.0 Å². The summed E-state index contributed by atoms with van der Waals surface area (Å²) < 4.78 is 190. The molecular weight excluding hydrogens is 1650 g/mol. The number of carboxylic acids is 1. The Kier molecular flexibility index (Phi) is 40.9. The van der Waals surface area contributed by atoms with Gasteiger partial charge in [-0.05, 0) is 111 Å². The SMILES string of the molecule is CO.COC(=O)c1ccccc1S(=O)(=O)Cl.COC(=O)c1ccccc1S(=O)(=O)OC.COC(=O)c1ccccc1S(C)(=O)=O.CS(=O)(=O)c1ccccc1C(=O)NO.CS(=O)(=O)c1ccccc1C(=O)NOC1CCCCO1.CS(=O)(=O)c1ccccc1C(=O)O.NOC1CCCCO1.O=C1OS(=O)(=O)c2ccccc21. The van der Waals surface area contributed by atoms with E-state index in [9.17, 15) is 92.5 Å². The number of esters is 3. The lowest BCUT2D eigenvalue weighted by molar-refractivity contribution is -0.186. The fraction of sp³-hybridized carbons (Fsp3) is 0.279. The summed E-state index contributed by atoms with van der Waals surface area (Å²) in [6, 6.07) is 40.2. The molecule has 614 valence electrons. The Bertz CT molecular complexity index is 5020. The van der Waals surface area contributed by atoms with Crippen molar-refractivity contribution in [3.05, 3.63) is 209 Å². The molecule has 2 saturated heterocycles. The van der Waals surface area contributed by atoms with Crippen molar-refractivity contribution in [2.75, 3.05) is 73.8 Å². The number of nitrogens with two attached hydrogens (primary N) is 1. The van der Waals surface area contributed by atoms with E-state index in [4.69, 9.17) is 46.3 Å². The van der Waals surface area contributed by atoms with Crippen molar-refractivity contribution >= 4 is 121 Å². The van der Waals surface area contributed by atoms with E-state index in [0.29, 0.717) is 13.0 Å². The Morgan fingerprint density at radius 1 is 0.464 bits per heavy atom. The van der Waals surface area contributed by atoms with Crippen LogP contribution in [-0.2, 0) is 110 Å². The third kappa shape index (κ3) is 31.9. The second kappa shape index (κ2) is 46.5. The number of carboxylic acid groups (broad SMARTS) is 1. The Morgan fingerprint density at radius 2 is 0.786 bits per heavy atom. The van der Waals surface area contributed by atoms with E-state index in [0.717, 1.165) is 71.5 Å². The molecule has 3 heterocycles. The monoisotopic (exact) mass is 1730 g/mol. The summed E-state index contributed by atoms with van der Waals surface area (Å²) in [6.45, 7) is 1.39. The second-order valence-corrected chi connectivity index (χ2v) is 35.6. The van der Waals surface area contributed by atoms with Crippen molar-refractivity contribution in [1.29, 1.82) is 0 Å². The van der Waals surface area contributed by atoms with Crippen molar-refractivity contribution < 1.29 is 150 Å². The number of amides is 2. The highest BCUT2D eigenvalue weighted by atomic mass is 35.7. The summed E-state index contributed by atoms with van der Waals surface area (Å²) in [4.78, 5) is 87.0. The lowest BCUT2D eigenvalue weighted by Crippen LogP contribution is -2.33. The molecule has 2 atom stereocenters. The first-order valence-corrected chi connectivity index (χ1v) is 44.2. The first-order valence-electron chi connectivity index (χ1n) is 31.5. The predicted molar refractivity (Wildman–Crippen MR) is 397 cm³/mol. The maximum atomic E-state index is 12.0. The molecule has 7 aromatic carbocycles. The number of benzene rings is 7. The average Bonchev–Trinajstić information content (AvgIpc) is 1.63. The van der Waals surface area contributed by atoms with E-state index < -0.39 is 117 Å². The third-order valence-electron chi connectivity index (χ3n) is 14.0. The number of halogens is 1. The number of fused-ring (bicyclic) bond motifs is 1. The molecule has 7 N–H and O–H groups in total. The molecule has 36 nitrogen and oxygen atoms in total. The minimum atomic E-state index is -3.92. The van der Waals surface area contributed by atoms with Gasteiger partial charge in [-0.2, -0.15) is 16.8 Å². The molecule has 0 saturated carbocycles. The number of nitrogens with one attached hydrogen (secondary N) is 2. The number of hydrogen-bond donors (Lipinski definition) is 6. The highest BCUT2D eigenvalue weighted by Gasteiger charge is 2.35. The van der Waals surface area contributed by atoms with Crippen LogP contribution in [-0.4, -0.2) is 202 Å². The molecule has 2 amide bonds. The number of rotatable bonds is 16. The van der Waals surface area contributed by atoms with Crippen LogP contribution in [0.25, 0.3) is 0 Å². The smallest absolute Gasteiger partial charge is 0.355 e. The van der Waals surface area contributed by atoms with Crippen LogP contribution in [0.1, 0.15) is 111 Å². The lowest BCUT2D eigenvalue weighted by Gasteiger charge is -2.22. The van der Waals surface area contributed by atoms with Crippen LogP contribution < -0.4 is 16.9 Å². The minimum Gasteiger partial charge on any atom is -0.478 e. The van der Waals surface area contributed by atoms with Crippen LogP contribution in [0.2, 0.25) is 0 Å². The largest absolute Gasteiger partial charge is 0.478 e. The van der Waals surface area contributed by atoms with Gasteiger partial charge in [0.1, 0.15) is 9.79 Å². The van der Waals surface area contributed by atoms with Crippen molar-refractivity contribution in [3.63, 3.8) is 0 Å². The number of methoxy groups -OCH3 is 3. The normalized spacial score (nSPS) is 14.6. The van der Waals surface area contributed by atoms with E-state index >= 15 is 0 Å². The molecule has 2 unspecified atom stereocenters. The van der Waals surface area contributed by atoms with Crippen LogP contribution in [0.5, 0.6) is 0 Å². The fourth-order valence-electron chi connectivity index (χ4n) is 8.90. The van der Waals surface area contributed by atoms with Gasteiger partial charge < -0.3 is 38.1 Å². The number of carbonyl (C=O) groups is 7. The van der Waals surface area contributed by atoms with Crippen molar-refractivity contribution in [2.45, 2.75) is 85.4 Å². The quantitative estimate of drug-likeness (QED) is 0.0163. The lowest BCUT2D eigenvalue weighted by atomic mass is 10.2. The van der Waals surface area contributed by atoms with Gasteiger partial charge in [0.2, 0.25) is 0 Å². The molecule has 0 bridgehead atoms. The molecule has 3 aliphatic rings. The highest BCUT2D eigenvalue weighted by Crippen LogP contribution is 2.27. The molecular formula is C68H80ClN3O33S7. The van der Waals surface area contributed by atoms with Crippen LogP contribution in [0.3, 0.4) is 0 Å². The number of aromatic carboxylic acids is 1.